The Bertz CT molecular complexity index is 505. The maximum absolute atomic E-state index is 12.1. The number of carbonyl (C=O) groups is 1. The molecule has 7 heteroatoms. The minimum Gasteiger partial charge on any atom is -0.377 e. The van der Waals surface area contributed by atoms with E-state index >= 15 is 0 Å². The molecule has 0 atom stereocenters. The Morgan fingerprint density at radius 1 is 1.50 bits per heavy atom. The Kier molecular flexibility index (Phi) is 5.91. The number of hydrogen-bond acceptors (Lipinski definition) is 4. The first-order valence-electron chi connectivity index (χ1n) is 6.14. The topological polar surface area (TPSA) is 72.7 Å². The number of ether oxygens (including phenoxy) is 1. The van der Waals surface area contributed by atoms with Gasteiger partial charge in [-0.3, -0.25) is 14.9 Å². The van der Waals surface area contributed by atoms with E-state index in [4.69, 9.17) is 16.3 Å². The normalized spacial score (nSPS) is 10.7. The summed E-state index contributed by atoms with van der Waals surface area (Å²) in [6.45, 7) is 4.70. The van der Waals surface area contributed by atoms with Gasteiger partial charge in [0.1, 0.15) is 5.02 Å². The quantitative estimate of drug-likeness (QED) is 0.598. The van der Waals surface area contributed by atoms with Gasteiger partial charge in [0.15, 0.2) is 0 Å². The Hall–Kier alpha value is -1.66. The van der Waals surface area contributed by atoms with E-state index in [1.54, 1.807) is 7.05 Å². The van der Waals surface area contributed by atoms with Crippen LogP contribution in [0.5, 0.6) is 0 Å². The molecule has 0 fully saturated rings. The minimum atomic E-state index is -0.587. The standard InChI is InChI=1S/C13H17ClN2O4/c1-9(2)20-7-6-15(3)13(17)10-4-5-12(16(18)19)11(14)8-10/h4-5,8-9H,6-7H2,1-3H3. The van der Waals surface area contributed by atoms with Gasteiger partial charge in [-0.2, -0.15) is 0 Å². The minimum absolute atomic E-state index is 0.0484. The van der Waals surface area contributed by atoms with Crippen LogP contribution in [0.2, 0.25) is 5.02 Å². The van der Waals surface area contributed by atoms with Gasteiger partial charge in [-0.1, -0.05) is 11.6 Å². The third-order valence-electron chi connectivity index (χ3n) is 2.62. The van der Waals surface area contributed by atoms with Crippen LogP contribution in [0.4, 0.5) is 5.69 Å². The summed E-state index contributed by atoms with van der Waals surface area (Å²) in [6, 6.07) is 3.93. The summed E-state index contributed by atoms with van der Waals surface area (Å²) in [5, 5.41) is 10.6. The molecule has 0 aliphatic heterocycles. The van der Waals surface area contributed by atoms with Gasteiger partial charge in [0.25, 0.3) is 11.6 Å². The molecule has 0 aliphatic carbocycles. The van der Waals surface area contributed by atoms with Crippen molar-refractivity contribution in [3.63, 3.8) is 0 Å². The molecule has 0 saturated carbocycles. The highest BCUT2D eigenvalue weighted by atomic mass is 35.5. The molecular weight excluding hydrogens is 284 g/mol. The molecule has 1 aromatic carbocycles. The number of carbonyl (C=O) groups excluding carboxylic acids is 1. The van der Waals surface area contributed by atoms with Crippen LogP contribution in [-0.2, 0) is 4.74 Å². The zero-order valence-electron chi connectivity index (χ0n) is 11.6. The molecule has 0 saturated heterocycles. The lowest BCUT2D eigenvalue weighted by molar-refractivity contribution is -0.384. The van der Waals surface area contributed by atoms with E-state index in [9.17, 15) is 14.9 Å². The molecular formula is C13H17ClN2O4. The number of rotatable bonds is 6. The van der Waals surface area contributed by atoms with E-state index in [2.05, 4.69) is 0 Å². The van der Waals surface area contributed by atoms with Crippen LogP contribution in [-0.4, -0.2) is 42.0 Å². The Morgan fingerprint density at radius 2 is 2.15 bits per heavy atom. The number of amides is 1. The highest BCUT2D eigenvalue weighted by molar-refractivity contribution is 6.33. The first-order valence-corrected chi connectivity index (χ1v) is 6.51. The van der Waals surface area contributed by atoms with Crippen molar-refractivity contribution < 1.29 is 14.5 Å². The van der Waals surface area contributed by atoms with Gasteiger partial charge >= 0.3 is 0 Å². The van der Waals surface area contributed by atoms with Crippen LogP contribution in [0.25, 0.3) is 0 Å². The fraction of sp³-hybridized carbons (Fsp3) is 0.462. The molecule has 0 heterocycles. The van der Waals surface area contributed by atoms with Gasteiger partial charge < -0.3 is 9.64 Å². The molecule has 0 bridgehead atoms. The van der Waals surface area contributed by atoms with Gasteiger partial charge in [0, 0.05) is 25.2 Å². The van der Waals surface area contributed by atoms with Gasteiger partial charge in [-0.25, -0.2) is 0 Å². The van der Waals surface area contributed by atoms with Gasteiger partial charge in [-0.15, -0.1) is 0 Å². The fourth-order valence-electron chi connectivity index (χ4n) is 1.54. The van der Waals surface area contributed by atoms with Crippen molar-refractivity contribution in [2.24, 2.45) is 0 Å². The smallest absolute Gasteiger partial charge is 0.287 e. The first kappa shape index (κ1) is 16.4. The number of nitro groups is 1. The third-order valence-corrected chi connectivity index (χ3v) is 2.92. The maximum atomic E-state index is 12.1. The van der Waals surface area contributed by atoms with E-state index in [1.165, 1.54) is 23.1 Å². The summed E-state index contributed by atoms with van der Waals surface area (Å²) in [5.41, 5.74) is 0.0988. The number of hydrogen-bond donors (Lipinski definition) is 0. The van der Waals surface area contributed by atoms with Crippen molar-refractivity contribution >= 4 is 23.2 Å². The second-order valence-corrected chi connectivity index (χ2v) is 4.98. The lowest BCUT2D eigenvalue weighted by Gasteiger charge is -2.18. The highest BCUT2D eigenvalue weighted by Crippen LogP contribution is 2.25. The summed E-state index contributed by atoms with van der Waals surface area (Å²) >= 11 is 5.78. The summed E-state index contributed by atoms with van der Waals surface area (Å²) in [7, 11) is 1.64. The van der Waals surface area contributed by atoms with Crippen LogP contribution in [0.3, 0.4) is 0 Å². The number of nitrogens with zero attached hydrogens (tertiary/aromatic N) is 2. The molecule has 1 rings (SSSR count). The average molecular weight is 301 g/mol. The van der Waals surface area contributed by atoms with E-state index in [1.807, 2.05) is 13.8 Å². The van der Waals surface area contributed by atoms with Crippen LogP contribution in [0.15, 0.2) is 18.2 Å². The fourth-order valence-corrected chi connectivity index (χ4v) is 1.78. The van der Waals surface area contributed by atoms with E-state index in [-0.39, 0.29) is 22.7 Å². The van der Waals surface area contributed by atoms with Crippen LogP contribution in [0.1, 0.15) is 24.2 Å². The van der Waals surface area contributed by atoms with Crippen molar-refractivity contribution in [3.05, 3.63) is 38.9 Å². The zero-order chi connectivity index (χ0) is 15.3. The Balaban J connectivity index is 2.72. The molecule has 0 aromatic heterocycles. The average Bonchev–Trinajstić information content (AvgIpc) is 2.36. The predicted octanol–water partition coefficient (Wildman–Crippen LogP) is 2.75. The van der Waals surface area contributed by atoms with Crippen LogP contribution >= 0.6 is 11.6 Å². The number of likely N-dealkylation sites (N-methyl/N-ethyl adjacent to an activating group) is 1. The van der Waals surface area contributed by atoms with E-state index in [0.29, 0.717) is 18.7 Å². The van der Waals surface area contributed by atoms with Gasteiger partial charge in [0.2, 0.25) is 0 Å². The summed E-state index contributed by atoms with van der Waals surface area (Å²) < 4.78 is 5.36. The van der Waals surface area contributed by atoms with Crippen molar-refractivity contribution in [1.29, 1.82) is 0 Å². The van der Waals surface area contributed by atoms with Crippen molar-refractivity contribution in [3.8, 4) is 0 Å². The molecule has 0 aliphatic rings. The molecule has 1 aromatic rings. The zero-order valence-corrected chi connectivity index (χ0v) is 12.4. The summed E-state index contributed by atoms with van der Waals surface area (Å²) in [5.74, 6) is -0.255. The molecule has 6 nitrogen and oxygen atoms in total. The monoisotopic (exact) mass is 300 g/mol. The molecule has 20 heavy (non-hydrogen) atoms. The summed E-state index contributed by atoms with van der Waals surface area (Å²) in [4.78, 5) is 23.6. The lowest BCUT2D eigenvalue weighted by Crippen LogP contribution is -2.30. The second-order valence-electron chi connectivity index (χ2n) is 4.57. The number of halogens is 1. The highest BCUT2D eigenvalue weighted by Gasteiger charge is 2.17. The lowest BCUT2D eigenvalue weighted by atomic mass is 10.2. The van der Waals surface area contributed by atoms with Crippen LogP contribution in [0, 0.1) is 10.1 Å². The van der Waals surface area contributed by atoms with Crippen LogP contribution < -0.4 is 0 Å². The van der Waals surface area contributed by atoms with Gasteiger partial charge in [-0.05, 0) is 26.0 Å². The van der Waals surface area contributed by atoms with E-state index in [0.717, 1.165) is 0 Å². The SMILES string of the molecule is CC(C)OCCN(C)C(=O)c1ccc([N+](=O)[O-])c(Cl)c1. The molecule has 0 radical (unpaired) electrons. The molecule has 0 spiro atoms. The molecule has 0 N–H and O–H groups in total. The Labute approximate surface area is 122 Å². The summed E-state index contributed by atoms with van der Waals surface area (Å²) in [6.07, 6.45) is 0.104. The Morgan fingerprint density at radius 3 is 2.65 bits per heavy atom. The van der Waals surface area contributed by atoms with Crippen molar-refractivity contribution in [1.82, 2.24) is 4.90 Å². The molecule has 110 valence electrons. The second kappa shape index (κ2) is 7.21. The van der Waals surface area contributed by atoms with Gasteiger partial charge in [0.05, 0.1) is 17.6 Å². The molecule has 0 unspecified atom stereocenters. The van der Waals surface area contributed by atoms with E-state index < -0.39 is 4.92 Å². The van der Waals surface area contributed by atoms with Crippen molar-refractivity contribution in [2.45, 2.75) is 20.0 Å². The predicted molar refractivity (Wildman–Crippen MR) is 76.2 cm³/mol. The first-order chi connectivity index (χ1) is 9.32. The van der Waals surface area contributed by atoms with Crippen molar-refractivity contribution in [2.75, 3.05) is 20.2 Å². The maximum Gasteiger partial charge on any atom is 0.287 e. The molecule has 1 amide bonds. The largest absolute Gasteiger partial charge is 0.377 e. The number of benzene rings is 1. The number of nitro benzene ring substituents is 1. The third kappa shape index (κ3) is 4.47.